The van der Waals surface area contributed by atoms with E-state index in [-0.39, 0.29) is 11.8 Å². The summed E-state index contributed by atoms with van der Waals surface area (Å²) in [6.07, 6.45) is 17.3. The fourth-order valence-electron chi connectivity index (χ4n) is 3.61. The number of aromatic nitrogens is 3. The first-order chi connectivity index (χ1) is 18.6. The minimum atomic E-state index is -0.194. The molecule has 1 atom stereocenters. The molecule has 7 nitrogen and oxygen atoms in total. The molecule has 1 aromatic carbocycles. The predicted molar refractivity (Wildman–Crippen MR) is 156 cm³/mol. The number of allylic oxidation sites excluding steroid dienone is 2. The lowest BCUT2D eigenvalue weighted by atomic mass is 10.1. The number of nitrogens with one attached hydrogen (secondary N) is 2. The lowest BCUT2D eigenvalue weighted by Crippen LogP contribution is -2.15. The summed E-state index contributed by atoms with van der Waals surface area (Å²) >= 11 is 1.71. The summed E-state index contributed by atoms with van der Waals surface area (Å²) in [5.41, 5.74) is 10.2. The summed E-state index contributed by atoms with van der Waals surface area (Å²) < 4.78 is 0. The van der Waals surface area contributed by atoms with E-state index in [4.69, 9.17) is 5.73 Å². The van der Waals surface area contributed by atoms with Crippen LogP contribution in [0.2, 0.25) is 0 Å². The summed E-state index contributed by atoms with van der Waals surface area (Å²) in [5, 5.41) is 8.20. The maximum Gasteiger partial charge on any atom is 0.255 e. The standard InChI is InChI=1S/C24H23N5OS.C6H7N/c25-21-10-8-18(14-20-6-2-13-31-20)15-22(21)29-23(30)19-5-1-4-17(7-9-19)16-28-24-26-11-3-12-27-24;1-6-3-2-4-7-5-6/h1-13,15,17H,14,16,25H2,(H,29,30)(H,26,27,28);2-5H,1H3. The van der Waals surface area contributed by atoms with Crippen molar-refractivity contribution in [2.45, 2.75) is 13.3 Å². The first-order valence-electron chi connectivity index (χ1n) is 12.2. The average molecular weight is 523 g/mol. The molecule has 0 fully saturated rings. The molecule has 0 saturated carbocycles. The van der Waals surface area contributed by atoms with Gasteiger partial charge in [-0.25, -0.2) is 9.97 Å². The van der Waals surface area contributed by atoms with Crippen LogP contribution < -0.4 is 16.4 Å². The van der Waals surface area contributed by atoms with Crippen molar-refractivity contribution in [3.63, 3.8) is 0 Å². The SMILES string of the molecule is Cc1cccnc1.Nc1ccc(Cc2cccs2)cc1NC(=O)C1=CC=CC(CNc2ncccn2)C=C1. The van der Waals surface area contributed by atoms with Gasteiger partial charge in [0.25, 0.3) is 5.91 Å². The molecule has 0 aliphatic heterocycles. The summed E-state index contributed by atoms with van der Waals surface area (Å²) in [6, 6.07) is 15.6. The molecule has 3 aromatic heterocycles. The molecule has 0 spiro atoms. The van der Waals surface area contributed by atoms with Crippen molar-refractivity contribution >= 4 is 34.6 Å². The van der Waals surface area contributed by atoms with Gasteiger partial charge in [-0.05, 0) is 59.8 Å². The first kappa shape index (κ1) is 26.5. The molecule has 0 saturated heterocycles. The average Bonchev–Trinajstić information content (AvgIpc) is 3.33. The largest absolute Gasteiger partial charge is 0.397 e. The predicted octanol–water partition coefficient (Wildman–Crippen LogP) is 5.82. The Kier molecular flexibility index (Phi) is 9.53. The van der Waals surface area contributed by atoms with Crippen LogP contribution in [-0.4, -0.2) is 27.4 Å². The van der Waals surface area contributed by atoms with Crippen LogP contribution in [0.15, 0.2) is 115 Å². The Labute approximate surface area is 226 Å². The van der Waals surface area contributed by atoms with Crippen LogP contribution in [0.5, 0.6) is 0 Å². The normalized spacial score (nSPS) is 14.0. The lowest BCUT2D eigenvalue weighted by molar-refractivity contribution is -0.112. The van der Waals surface area contributed by atoms with Gasteiger partial charge in [-0.15, -0.1) is 11.3 Å². The van der Waals surface area contributed by atoms with Gasteiger partial charge >= 0.3 is 0 Å². The smallest absolute Gasteiger partial charge is 0.255 e. The maximum atomic E-state index is 12.8. The van der Waals surface area contributed by atoms with Gasteiger partial charge in [0, 0.05) is 54.1 Å². The summed E-state index contributed by atoms with van der Waals surface area (Å²) in [7, 11) is 0. The Morgan fingerprint density at radius 3 is 2.63 bits per heavy atom. The second-order valence-electron chi connectivity index (χ2n) is 8.65. The molecular weight excluding hydrogens is 492 g/mol. The zero-order valence-corrected chi connectivity index (χ0v) is 21.9. The second kappa shape index (κ2) is 13.7. The highest BCUT2D eigenvalue weighted by atomic mass is 32.1. The topological polar surface area (TPSA) is 106 Å². The molecule has 1 aliphatic carbocycles. The van der Waals surface area contributed by atoms with Crippen molar-refractivity contribution in [1.29, 1.82) is 0 Å². The van der Waals surface area contributed by atoms with E-state index in [1.54, 1.807) is 42.1 Å². The second-order valence-corrected chi connectivity index (χ2v) is 9.68. The fourth-order valence-corrected chi connectivity index (χ4v) is 4.35. The highest BCUT2D eigenvalue weighted by molar-refractivity contribution is 7.09. The molecule has 3 heterocycles. The Hall–Kier alpha value is -4.56. The summed E-state index contributed by atoms with van der Waals surface area (Å²) in [5.74, 6) is 0.503. The van der Waals surface area contributed by atoms with Crippen molar-refractivity contribution in [3.05, 3.63) is 131 Å². The third-order valence-electron chi connectivity index (χ3n) is 5.61. The van der Waals surface area contributed by atoms with Gasteiger partial charge < -0.3 is 16.4 Å². The van der Waals surface area contributed by atoms with Crippen molar-refractivity contribution in [2.75, 3.05) is 22.9 Å². The molecule has 0 bridgehead atoms. The van der Waals surface area contributed by atoms with E-state index in [0.29, 0.717) is 29.4 Å². The van der Waals surface area contributed by atoms with Crippen LogP contribution >= 0.6 is 11.3 Å². The number of nitrogens with zero attached hydrogens (tertiary/aromatic N) is 3. The minimum Gasteiger partial charge on any atom is -0.397 e. The van der Waals surface area contributed by atoms with Gasteiger partial charge in [0.2, 0.25) is 5.95 Å². The molecule has 4 aromatic rings. The summed E-state index contributed by atoms with van der Waals surface area (Å²) in [4.78, 5) is 26.3. The van der Waals surface area contributed by atoms with Crippen LogP contribution in [0.4, 0.5) is 17.3 Å². The molecule has 192 valence electrons. The zero-order chi connectivity index (χ0) is 26.6. The van der Waals surface area contributed by atoms with Gasteiger partial charge in [-0.2, -0.15) is 0 Å². The van der Waals surface area contributed by atoms with E-state index in [1.165, 1.54) is 10.4 Å². The third kappa shape index (κ3) is 8.25. The number of aryl methyl sites for hydroxylation is 1. The zero-order valence-electron chi connectivity index (χ0n) is 21.1. The number of thiophene rings is 1. The van der Waals surface area contributed by atoms with Crippen molar-refractivity contribution < 1.29 is 4.79 Å². The number of nitrogens with two attached hydrogens (primary N) is 1. The molecule has 1 aliphatic rings. The van der Waals surface area contributed by atoms with Crippen molar-refractivity contribution in [2.24, 2.45) is 5.92 Å². The van der Waals surface area contributed by atoms with Crippen LogP contribution in [0.1, 0.15) is 16.0 Å². The molecule has 1 unspecified atom stereocenters. The number of nitrogen functional groups attached to an aromatic ring is 1. The van der Waals surface area contributed by atoms with E-state index >= 15 is 0 Å². The highest BCUT2D eigenvalue weighted by Crippen LogP contribution is 2.24. The molecule has 5 rings (SSSR count). The van der Waals surface area contributed by atoms with E-state index in [9.17, 15) is 4.79 Å². The quantitative estimate of drug-likeness (QED) is 0.264. The fraction of sp³-hybridized carbons (Fsp3) is 0.133. The van der Waals surface area contributed by atoms with Gasteiger partial charge in [0.05, 0.1) is 11.4 Å². The minimum absolute atomic E-state index is 0.115. The number of amides is 1. The van der Waals surface area contributed by atoms with Crippen molar-refractivity contribution in [1.82, 2.24) is 15.0 Å². The third-order valence-corrected chi connectivity index (χ3v) is 6.49. The van der Waals surface area contributed by atoms with Crippen LogP contribution in [-0.2, 0) is 11.2 Å². The van der Waals surface area contributed by atoms with Crippen molar-refractivity contribution in [3.8, 4) is 0 Å². The molecule has 1 amide bonds. The Bertz CT molecular complexity index is 1400. The maximum absolute atomic E-state index is 12.8. The Morgan fingerprint density at radius 2 is 1.92 bits per heavy atom. The lowest BCUT2D eigenvalue weighted by Gasteiger charge is -2.11. The van der Waals surface area contributed by atoms with Crippen LogP contribution in [0, 0.1) is 12.8 Å². The Morgan fingerprint density at radius 1 is 1.05 bits per heavy atom. The highest BCUT2D eigenvalue weighted by Gasteiger charge is 2.12. The number of anilines is 3. The molecule has 0 radical (unpaired) electrons. The number of hydrogen-bond acceptors (Lipinski definition) is 7. The van der Waals surface area contributed by atoms with Gasteiger partial charge in [-0.3, -0.25) is 9.78 Å². The first-order valence-corrected chi connectivity index (χ1v) is 13.1. The van der Waals surface area contributed by atoms with E-state index in [0.717, 1.165) is 12.0 Å². The number of benzene rings is 1. The molecule has 8 heteroatoms. The molecular formula is C30H30N6OS. The van der Waals surface area contributed by atoms with E-state index < -0.39 is 0 Å². The number of pyridine rings is 1. The van der Waals surface area contributed by atoms with Gasteiger partial charge in [0.15, 0.2) is 0 Å². The number of carbonyl (C=O) groups excluding carboxylic acids is 1. The molecule has 38 heavy (non-hydrogen) atoms. The van der Waals surface area contributed by atoms with Crippen LogP contribution in [0.25, 0.3) is 0 Å². The Balaban J connectivity index is 0.000000417. The summed E-state index contributed by atoms with van der Waals surface area (Å²) in [6.45, 7) is 2.66. The monoisotopic (exact) mass is 522 g/mol. The van der Waals surface area contributed by atoms with Gasteiger partial charge in [-0.1, -0.05) is 42.5 Å². The van der Waals surface area contributed by atoms with E-state index in [2.05, 4.69) is 37.0 Å². The number of carbonyl (C=O) groups is 1. The van der Waals surface area contributed by atoms with Gasteiger partial charge in [0.1, 0.15) is 0 Å². The number of rotatable bonds is 7. The molecule has 4 N–H and O–H groups in total. The van der Waals surface area contributed by atoms with E-state index in [1.807, 2.05) is 73.8 Å². The number of hydrogen-bond donors (Lipinski definition) is 3. The van der Waals surface area contributed by atoms with Crippen LogP contribution in [0.3, 0.4) is 0 Å².